The van der Waals surface area contributed by atoms with Crippen LogP contribution in [0.5, 0.6) is 0 Å². The van der Waals surface area contributed by atoms with Crippen LogP contribution >= 0.6 is 0 Å². The molecule has 0 spiro atoms. The standard InChI is InChI=1S/C16H19F5O/c1-15(2,3)8-4-6-16(22,7-5-8)9-10(17)12(19)14(21)13(20)11(9)18/h8,22H,4-7H2,1-3H3/t8-,16-. The molecule has 0 atom stereocenters. The number of benzene rings is 1. The van der Waals surface area contributed by atoms with Gasteiger partial charge in [0.25, 0.3) is 0 Å². The summed E-state index contributed by atoms with van der Waals surface area (Å²) in [6.45, 7) is 6.04. The van der Waals surface area contributed by atoms with Gasteiger partial charge in [-0.15, -0.1) is 0 Å². The molecular weight excluding hydrogens is 303 g/mol. The first-order chi connectivity index (χ1) is 9.99. The molecule has 0 radical (unpaired) electrons. The molecule has 6 heteroatoms. The second-order valence-electron chi connectivity index (χ2n) is 7.12. The maximum Gasteiger partial charge on any atom is 0.200 e. The predicted octanol–water partition coefficient (Wildman–Crippen LogP) is 4.81. The second kappa shape index (κ2) is 5.48. The fourth-order valence-electron chi connectivity index (χ4n) is 3.22. The molecule has 0 aromatic heterocycles. The summed E-state index contributed by atoms with van der Waals surface area (Å²) in [6, 6.07) is 0. The first kappa shape index (κ1) is 17.2. The fraction of sp³-hybridized carbons (Fsp3) is 0.625. The molecule has 1 aliphatic rings. The van der Waals surface area contributed by atoms with Crippen molar-refractivity contribution in [2.45, 2.75) is 52.1 Å². The van der Waals surface area contributed by atoms with E-state index in [1.165, 1.54) is 0 Å². The van der Waals surface area contributed by atoms with E-state index < -0.39 is 40.3 Å². The molecule has 0 unspecified atom stereocenters. The highest BCUT2D eigenvalue weighted by Gasteiger charge is 2.44. The van der Waals surface area contributed by atoms with Crippen LogP contribution in [0.3, 0.4) is 0 Å². The molecule has 0 saturated heterocycles. The van der Waals surface area contributed by atoms with Crippen molar-refractivity contribution in [3.63, 3.8) is 0 Å². The van der Waals surface area contributed by atoms with E-state index in [0.29, 0.717) is 12.8 Å². The summed E-state index contributed by atoms with van der Waals surface area (Å²) in [7, 11) is 0. The van der Waals surface area contributed by atoms with Crippen LogP contribution < -0.4 is 0 Å². The Labute approximate surface area is 126 Å². The highest BCUT2D eigenvalue weighted by atomic mass is 19.2. The van der Waals surface area contributed by atoms with Crippen molar-refractivity contribution < 1.29 is 27.1 Å². The van der Waals surface area contributed by atoms with E-state index in [2.05, 4.69) is 0 Å². The molecule has 1 fully saturated rings. The van der Waals surface area contributed by atoms with Crippen molar-refractivity contribution >= 4 is 0 Å². The molecule has 2 rings (SSSR count). The first-order valence-electron chi connectivity index (χ1n) is 7.23. The van der Waals surface area contributed by atoms with Gasteiger partial charge in [0.15, 0.2) is 23.3 Å². The summed E-state index contributed by atoms with van der Waals surface area (Å²) < 4.78 is 67.5. The topological polar surface area (TPSA) is 20.2 Å². The average Bonchev–Trinajstić information content (AvgIpc) is 2.42. The molecule has 1 aromatic rings. The minimum Gasteiger partial charge on any atom is -0.385 e. The zero-order valence-corrected chi connectivity index (χ0v) is 12.7. The van der Waals surface area contributed by atoms with Crippen LogP contribution in [0, 0.1) is 40.4 Å². The van der Waals surface area contributed by atoms with Gasteiger partial charge in [-0.25, -0.2) is 22.0 Å². The second-order valence-corrected chi connectivity index (χ2v) is 7.12. The Morgan fingerprint density at radius 3 is 1.55 bits per heavy atom. The molecular formula is C16H19F5O. The van der Waals surface area contributed by atoms with Crippen molar-refractivity contribution in [2.24, 2.45) is 11.3 Å². The van der Waals surface area contributed by atoms with Gasteiger partial charge in [-0.2, -0.15) is 0 Å². The largest absolute Gasteiger partial charge is 0.385 e. The van der Waals surface area contributed by atoms with Gasteiger partial charge < -0.3 is 5.11 Å². The molecule has 1 nitrogen and oxygen atoms in total. The molecule has 1 aliphatic carbocycles. The Balaban J connectivity index is 2.41. The molecule has 22 heavy (non-hydrogen) atoms. The highest BCUT2D eigenvalue weighted by molar-refractivity contribution is 5.30. The van der Waals surface area contributed by atoms with Crippen molar-refractivity contribution in [2.75, 3.05) is 0 Å². The van der Waals surface area contributed by atoms with Crippen LogP contribution in [0.1, 0.15) is 52.0 Å². The average molecular weight is 322 g/mol. The third kappa shape index (κ3) is 2.73. The van der Waals surface area contributed by atoms with Crippen molar-refractivity contribution in [1.29, 1.82) is 0 Å². The van der Waals surface area contributed by atoms with Crippen LogP contribution in [0.25, 0.3) is 0 Å². The Hall–Kier alpha value is -1.17. The summed E-state index contributed by atoms with van der Waals surface area (Å²) >= 11 is 0. The van der Waals surface area contributed by atoms with E-state index in [0.717, 1.165) is 0 Å². The van der Waals surface area contributed by atoms with Crippen LogP contribution in [-0.2, 0) is 5.60 Å². The minimum absolute atomic E-state index is 0.0344. The molecule has 0 heterocycles. The number of halogens is 5. The van der Waals surface area contributed by atoms with Crippen molar-refractivity contribution in [3.05, 3.63) is 34.6 Å². The number of hydrogen-bond donors (Lipinski definition) is 1. The van der Waals surface area contributed by atoms with Gasteiger partial charge in [0.1, 0.15) is 0 Å². The third-order valence-electron chi connectivity index (χ3n) is 4.71. The Kier molecular flexibility index (Phi) is 4.28. The van der Waals surface area contributed by atoms with E-state index in [1.54, 1.807) is 0 Å². The van der Waals surface area contributed by atoms with Gasteiger partial charge in [0.2, 0.25) is 5.82 Å². The quantitative estimate of drug-likeness (QED) is 0.447. The molecule has 1 N–H and O–H groups in total. The maximum atomic E-state index is 13.9. The zero-order chi connectivity index (χ0) is 16.9. The summed E-state index contributed by atoms with van der Waals surface area (Å²) in [5.74, 6) is -9.89. The number of rotatable bonds is 1. The molecule has 1 saturated carbocycles. The van der Waals surface area contributed by atoms with E-state index in [1.807, 2.05) is 20.8 Å². The van der Waals surface area contributed by atoms with Gasteiger partial charge in [-0.3, -0.25) is 0 Å². The molecule has 124 valence electrons. The maximum absolute atomic E-state index is 13.9. The first-order valence-corrected chi connectivity index (χ1v) is 7.23. The molecule has 0 amide bonds. The Morgan fingerprint density at radius 2 is 1.18 bits per heavy atom. The van der Waals surface area contributed by atoms with E-state index in [4.69, 9.17) is 0 Å². The van der Waals surface area contributed by atoms with Crippen LogP contribution in [0.4, 0.5) is 22.0 Å². The molecule has 0 bridgehead atoms. The smallest absolute Gasteiger partial charge is 0.200 e. The van der Waals surface area contributed by atoms with Gasteiger partial charge in [-0.05, 0) is 37.0 Å². The summed E-state index contributed by atoms with van der Waals surface area (Å²) in [5, 5.41) is 10.5. The predicted molar refractivity (Wildman–Crippen MR) is 71.5 cm³/mol. The normalized spacial score (nSPS) is 26.3. The molecule has 0 aliphatic heterocycles. The van der Waals surface area contributed by atoms with Gasteiger partial charge in [0, 0.05) is 0 Å². The summed E-state index contributed by atoms with van der Waals surface area (Å²) in [4.78, 5) is 0. The SMILES string of the molecule is CC(C)(C)[C@H]1CC[C@@](O)(c2c(F)c(F)c(F)c(F)c2F)CC1. The number of aliphatic hydroxyl groups is 1. The monoisotopic (exact) mass is 322 g/mol. The lowest BCUT2D eigenvalue weighted by molar-refractivity contribution is -0.0360. The van der Waals surface area contributed by atoms with Gasteiger partial charge >= 0.3 is 0 Å². The van der Waals surface area contributed by atoms with Gasteiger partial charge in [0.05, 0.1) is 11.2 Å². The zero-order valence-electron chi connectivity index (χ0n) is 12.7. The van der Waals surface area contributed by atoms with E-state index in [-0.39, 0.29) is 24.2 Å². The van der Waals surface area contributed by atoms with Gasteiger partial charge in [-0.1, -0.05) is 20.8 Å². The van der Waals surface area contributed by atoms with Crippen molar-refractivity contribution in [1.82, 2.24) is 0 Å². The molecule has 1 aromatic carbocycles. The Morgan fingerprint density at radius 1 is 0.818 bits per heavy atom. The van der Waals surface area contributed by atoms with Crippen molar-refractivity contribution in [3.8, 4) is 0 Å². The third-order valence-corrected chi connectivity index (χ3v) is 4.71. The minimum atomic E-state index is -2.20. The van der Waals surface area contributed by atoms with Crippen LogP contribution in [-0.4, -0.2) is 5.11 Å². The lowest BCUT2D eigenvalue weighted by Crippen LogP contribution is -2.37. The number of hydrogen-bond acceptors (Lipinski definition) is 1. The highest BCUT2D eigenvalue weighted by Crippen LogP contribution is 2.47. The summed E-state index contributed by atoms with van der Waals surface area (Å²) in [5.41, 5.74) is -3.17. The van der Waals surface area contributed by atoms with Crippen LogP contribution in [0.2, 0.25) is 0 Å². The lowest BCUT2D eigenvalue weighted by atomic mass is 9.67. The van der Waals surface area contributed by atoms with E-state index in [9.17, 15) is 27.1 Å². The fourth-order valence-corrected chi connectivity index (χ4v) is 3.22. The Bertz CT molecular complexity index is 554. The van der Waals surface area contributed by atoms with E-state index >= 15 is 0 Å². The van der Waals surface area contributed by atoms with Crippen LogP contribution in [0.15, 0.2) is 0 Å². The summed E-state index contributed by atoms with van der Waals surface area (Å²) in [6.07, 6.45) is 0.847. The lowest BCUT2D eigenvalue weighted by Gasteiger charge is -2.41.